The number of carbonyl (C=O) groups is 2. The van der Waals surface area contributed by atoms with E-state index in [0.29, 0.717) is 22.6 Å². The van der Waals surface area contributed by atoms with E-state index in [4.69, 9.17) is 4.74 Å². The SMILES string of the molecule is CSc1ccc(C(=O)OCC(=O)NC23CC4CC(CC(C4)C2)C3)cc1[N+](=O)[O-]. The van der Waals surface area contributed by atoms with Crippen molar-refractivity contribution in [1.82, 2.24) is 5.32 Å². The summed E-state index contributed by atoms with van der Waals surface area (Å²) in [5.41, 5.74) is -0.191. The number of amides is 1. The van der Waals surface area contributed by atoms with Gasteiger partial charge in [0.1, 0.15) is 0 Å². The highest BCUT2D eigenvalue weighted by Gasteiger charge is 2.51. The Kier molecular flexibility index (Phi) is 5.07. The number of nitro benzene ring substituents is 1. The Labute approximate surface area is 167 Å². The van der Waals surface area contributed by atoms with Crippen LogP contribution >= 0.6 is 11.8 Å². The molecule has 0 aliphatic heterocycles. The van der Waals surface area contributed by atoms with E-state index in [2.05, 4.69) is 5.32 Å². The number of benzene rings is 1. The Hall–Kier alpha value is -2.09. The minimum Gasteiger partial charge on any atom is -0.452 e. The highest BCUT2D eigenvalue weighted by molar-refractivity contribution is 7.98. The first-order valence-corrected chi connectivity index (χ1v) is 10.9. The van der Waals surface area contributed by atoms with Crippen molar-refractivity contribution in [3.63, 3.8) is 0 Å². The zero-order valence-electron chi connectivity index (χ0n) is 15.8. The summed E-state index contributed by atoms with van der Waals surface area (Å²) in [4.78, 5) is 35.8. The molecule has 4 aliphatic carbocycles. The maximum atomic E-state index is 12.4. The average molecular weight is 404 g/mol. The summed E-state index contributed by atoms with van der Waals surface area (Å²) in [5, 5.41) is 14.3. The van der Waals surface area contributed by atoms with Crippen LogP contribution in [-0.2, 0) is 9.53 Å². The molecular weight excluding hydrogens is 380 g/mol. The van der Waals surface area contributed by atoms with Crippen LogP contribution in [0, 0.1) is 27.9 Å². The molecule has 28 heavy (non-hydrogen) atoms. The Balaban J connectivity index is 1.36. The van der Waals surface area contributed by atoms with E-state index < -0.39 is 10.9 Å². The number of nitrogens with zero attached hydrogens (tertiary/aromatic N) is 1. The third-order valence-corrected chi connectivity index (χ3v) is 7.17. The zero-order chi connectivity index (χ0) is 19.9. The van der Waals surface area contributed by atoms with Crippen LogP contribution in [0.1, 0.15) is 48.9 Å². The number of ether oxygens (including phenoxy) is 1. The molecule has 150 valence electrons. The molecule has 0 spiro atoms. The van der Waals surface area contributed by atoms with E-state index in [1.807, 2.05) is 0 Å². The van der Waals surface area contributed by atoms with Gasteiger partial charge in [0.25, 0.3) is 11.6 Å². The summed E-state index contributed by atoms with van der Waals surface area (Å²) in [6.07, 6.45) is 8.68. The van der Waals surface area contributed by atoms with Crippen molar-refractivity contribution in [3.8, 4) is 0 Å². The predicted octanol–water partition coefficient (Wildman–Crippen LogP) is 3.56. The molecule has 5 rings (SSSR count). The number of thioether (sulfide) groups is 1. The van der Waals surface area contributed by atoms with Crippen molar-refractivity contribution in [3.05, 3.63) is 33.9 Å². The van der Waals surface area contributed by atoms with Gasteiger partial charge in [-0.25, -0.2) is 4.79 Å². The van der Waals surface area contributed by atoms with E-state index in [1.54, 1.807) is 6.26 Å². The molecule has 4 aliphatic rings. The number of carbonyl (C=O) groups excluding carboxylic acids is 2. The summed E-state index contributed by atoms with van der Waals surface area (Å²) in [6.45, 7) is -0.362. The van der Waals surface area contributed by atoms with Crippen LogP contribution < -0.4 is 5.32 Å². The number of esters is 1. The highest BCUT2D eigenvalue weighted by atomic mass is 32.2. The van der Waals surface area contributed by atoms with Crippen molar-refractivity contribution >= 4 is 29.3 Å². The standard InChI is InChI=1S/C20H24N2O5S/c1-28-17-3-2-15(7-16(17)22(25)26)19(24)27-11-18(23)21-20-8-12-4-13(9-20)6-14(5-12)10-20/h2-3,7,12-14H,4-6,8-11H2,1H3,(H,21,23). The molecule has 4 saturated carbocycles. The third-order valence-electron chi connectivity index (χ3n) is 6.39. The molecule has 0 radical (unpaired) electrons. The molecule has 0 aromatic heterocycles. The third kappa shape index (κ3) is 3.74. The summed E-state index contributed by atoms with van der Waals surface area (Å²) >= 11 is 1.24. The summed E-state index contributed by atoms with van der Waals surface area (Å²) < 4.78 is 5.13. The normalized spacial score (nSPS) is 30.1. The fourth-order valence-corrected chi connectivity index (χ4v) is 6.32. The smallest absolute Gasteiger partial charge is 0.338 e. The van der Waals surface area contributed by atoms with Crippen LogP contribution in [0.25, 0.3) is 0 Å². The van der Waals surface area contributed by atoms with Gasteiger partial charge >= 0.3 is 5.97 Å². The van der Waals surface area contributed by atoms with Crippen molar-refractivity contribution in [2.75, 3.05) is 12.9 Å². The van der Waals surface area contributed by atoms with Gasteiger partial charge < -0.3 is 10.1 Å². The number of hydrogen-bond acceptors (Lipinski definition) is 6. The van der Waals surface area contributed by atoms with Gasteiger partial charge in [-0.3, -0.25) is 14.9 Å². The fraction of sp³-hybridized carbons (Fsp3) is 0.600. The number of rotatable bonds is 6. The predicted molar refractivity (Wildman–Crippen MR) is 104 cm³/mol. The Morgan fingerprint density at radius 1 is 1.21 bits per heavy atom. The molecule has 1 N–H and O–H groups in total. The van der Waals surface area contributed by atoms with Gasteiger partial charge in [-0.05, 0) is 74.7 Å². The number of hydrogen-bond donors (Lipinski definition) is 1. The number of nitro groups is 1. The van der Waals surface area contributed by atoms with Crippen molar-refractivity contribution < 1.29 is 19.2 Å². The van der Waals surface area contributed by atoms with Crippen LogP contribution in [0.4, 0.5) is 5.69 Å². The Morgan fingerprint density at radius 2 is 1.82 bits per heavy atom. The lowest BCUT2D eigenvalue weighted by Gasteiger charge is -2.56. The molecule has 4 bridgehead atoms. The second-order valence-electron chi connectivity index (χ2n) is 8.47. The monoisotopic (exact) mass is 404 g/mol. The minimum absolute atomic E-state index is 0.0760. The minimum atomic E-state index is -0.726. The van der Waals surface area contributed by atoms with Gasteiger partial charge in [0, 0.05) is 11.6 Å². The molecule has 7 nitrogen and oxygen atoms in total. The van der Waals surface area contributed by atoms with Gasteiger partial charge in [-0.1, -0.05) is 0 Å². The maximum absolute atomic E-state index is 12.4. The molecule has 1 aromatic rings. The molecule has 8 heteroatoms. The summed E-state index contributed by atoms with van der Waals surface area (Å²) in [6, 6.07) is 4.21. The largest absolute Gasteiger partial charge is 0.452 e. The molecule has 0 heterocycles. The molecule has 0 saturated heterocycles. The second kappa shape index (κ2) is 7.39. The van der Waals surface area contributed by atoms with Crippen molar-refractivity contribution in [2.24, 2.45) is 17.8 Å². The van der Waals surface area contributed by atoms with Crippen LogP contribution in [-0.4, -0.2) is 35.2 Å². The second-order valence-corrected chi connectivity index (χ2v) is 9.31. The highest BCUT2D eigenvalue weighted by Crippen LogP contribution is 2.55. The fourth-order valence-electron chi connectivity index (χ4n) is 5.77. The molecule has 1 aromatic carbocycles. The van der Waals surface area contributed by atoms with E-state index in [1.165, 1.54) is 49.2 Å². The molecule has 1 amide bonds. The van der Waals surface area contributed by atoms with Crippen LogP contribution in [0.2, 0.25) is 0 Å². The van der Waals surface area contributed by atoms with Crippen LogP contribution in [0.15, 0.2) is 23.1 Å². The van der Waals surface area contributed by atoms with Gasteiger partial charge in [-0.15, -0.1) is 11.8 Å². The van der Waals surface area contributed by atoms with Gasteiger partial charge in [0.2, 0.25) is 0 Å². The average Bonchev–Trinajstić information content (AvgIpc) is 2.64. The lowest BCUT2D eigenvalue weighted by atomic mass is 9.53. The van der Waals surface area contributed by atoms with E-state index in [9.17, 15) is 19.7 Å². The maximum Gasteiger partial charge on any atom is 0.338 e. The summed E-state index contributed by atoms with van der Waals surface area (Å²) in [7, 11) is 0. The first-order chi connectivity index (χ1) is 13.4. The Morgan fingerprint density at radius 3 is 2.36 bits per heavy atom. The molecule has 0 atom stereocenters. The Bertz CT molecular complexity index is 790. The van der Waals surface area contributed by atoms with Gasteiger partial charge in [-0.2, -0.15) is 0 Å². The van der Waals surface area contributed by atoms with E-state index >= 15 is 0 Å². The zero-order valence-corrected chi connectivity index (χ0v) is 16.6. The molecule has 4 fully saturated rings. The van der Waals surface area contributed by atoms with Gasteiger partial charge in [0.05, 0.1) is 15.4 Å². The lowest BCUT2D eigenvalue weighted by molar-refractivity contribution is -0.387. The topological polar surface area (TPSA) is 98.5 Å². The first kappa shape index (κ1) is 19.2. The van der Waals surface area contributed by atoms with Gasteiger partial charge in [0.15, 0.2) is 6.61 Å². The molecular formula is C20H24N2O5S. The van der Waals surface area contributed by atoms with Crippen molar-refractivity contribution in [1.29, 1.82) is 0 Å². The summed E-state index contributed by atoms with van der Waals surface area (Å²) in [5.74, 6) is 1.13. The quantitative estimate of drug-likeness (QED) is 0.337. The van der Waals surface area contributed by atoms with E-state index in [0.717, 1.165) is 19.3 Å². The van der Waals surface area contributed by atoms with E-state index in [-0.39, 0.29) is 29.3 Å². The lowest BCUT2D eigenvalue weighted by Crippen LogP contribution is -2.60. The molecule has 0 unspecified atom stereocenters. The first-order valence-electron chi connectivity index (χ1n) is 9.68. The van der Waals surface area contributed by atoms with Crippen LogP contribution in [0.3, 0.4) is 0 Å². The van der Waals surface area contributed by atoms with Crippen molar-refractivity contribution in [2.45, 2.75) is 49.0 Å². The van der Waals surface area contributed by atoms with Crippen LogP contribution in [0.5, 0.6) is 0 Å². The number of nitrogens with one attached hydrogen (secondary N) is 1.